The lowest BCUT2D eigenvalue weighted by atomic mass is 9.88. The maximum atomic E-state index is 13.4. The summed E-state index contributed by atoms with van der Waals surface area (Å²) in [7, 11) is -3.97. The predicted octanol–water partition coefficient (Wildman–Crippen LogP) is 0.765. The van der Waals surface area contributed by atoms with Crippen molar-refractivity contribution in [3.05, 3.63) is 42.5 Å². The van der Waals surface area contributed by atoms with E-state index < -0.39 is 31.8 Å². The number of benzene rings is 2. The van der Waals surface area contributed by atoms with Crippen LogP contribution in [0.1, 0.15) is 19.3 Å². The number of hydrogen-bond acceptors (Lipinski definition) is 10. The first kappa shape index (κ1) is 30.0. The van der Waals surface area contributed by atoms with Gasteiger partial charge in [-0.1, -0.05) is 6.07 Å². The molecule has 1 spiro atoms. The van der Waals surface area contributed by atoms with Crippen LogP contribution in [0.4, 0.5) is 5.69 Å². The van der Waals surface area contributed by atoms with Gasteiger partial charge in [0, 0.05) is 38.8 Å². The highest BCUT2D eigenvalue weighted by Gasteiger charge is 2.45. The van der Waals surface area contributed by atoms with Gasteiger partial charge in [-0.3, -0.25) is 0 Å². The first-order chi connectivity index (χ1) is 19.5. The number of piperidine rings is 1. The third-order valence-electron chi connectivity index (χ3n) is 7.98. The smallest absolute Gasteiger partial charge is 0.243 e. The molecule has 2 aromatic carbocycles. The maximum absolute atomic E-state index is 13.4. The van der Waals surface area contributed by atoms with Crippen LogP contribution in [-0.4, -0.2) is 104 Å². The van der Waals surface area contributed by atoms with Crippen LogP contribution in [-0.2, 0) is 24.8 Å². The van der Waals surface area contributed by atoms with Gasteiger partial charge in [0.15, 0.2) is 0 Å². The summed E-state index contributed by atoms with van der Waals surface area (Å²) in [6.07, 6.45) is 1.09. The Morgan fingerprint density at radius 2 is 1.88 bits per heavy atom. The van der Waals surface area contributed by atoms with E-state index in [1.54, 1.807) is 30.3 Å². The van der Waals surface area contributed by atoms with Gasteiger partial charge in [-0.2, -0.15) is 4.31 Å². The van der Waals surface area contributed by atoms with Crippen LogP contribution in [0.25, 0.3) is 0 Å². The minimum atomic E-state index is -3.65. The van der Waals surface area contributed by atoms with Gasteiger partial charge in [0.25, 0.3) is 0 Å². The number of aliphatic hydroxyl groups excluding tert-OH is 1. The molecule has 14 heteroatoms. The molecular weight excluding hydrogens is 572 g/mol. The lowest BCUT2D eigenvalue weighted by Gasteiger charge is -2.38. The van der Waals surface area contributed by atoms with Crippen LogP contribution in [0.3, 0.4) is 0 Å². The Morgan fingerprint density at radius 1 is 1.10 bits per heavy atom. The van der Waals surface area contributed by atoms with Gasteiger partial charge in [0.05, 0.1) is 34.2 Å². The number of nitrogens with one attached hydrogen (secondary N) is 2. The normalized spacial score (nSPS) is 21.8. The van der Waals surface area contributed by atoms with E-state index >= 15 is 0 Å². The molecule has 3 heterocycles. The molecule has 3 aliphatic heterocycles. The summed E-state index contributed by atoms with van der Waals surface area (Å²) in [4.78, 5) is 2.35. The number of rotatable bonds is 10. The summed E-state index contributed by atoms with van der Waals surface area (Å²) in [5.41, 5.74) is 0.385. The summed E-state index contributed by atoms with van der Waals surface area (Å²) >= 11 is 0. The molecule has 2 saturated heterocycles. The molecule has 0 bridgehead atoms. The molecule has 0 saturated carbocycles. The third-order valence-corrected chi connectivity index (χ3v) is 11.3. The summed E-state index contributed by atoms with van der Waals surface area (Å²) in [6, 6.07) is 11.1. The van der Waals surface area contributed by atoms with Crippen molar-refractivity contribution in [2.24, 2.45) is 0 Å². The second-order valence-electron chi connectivity index (χ2n) is 10.8. The number of nitrogens with zero attached hydrogens (tertiary/aromatic N) is 2. The molecule has 41 heavy (non-hydrogen) atoms. The van der Waals surface area contributed by atoms with E-state index in [0.29, 0.717) is 57.2 Å². The Kier molecular flexibility index (Phi) is 8.81. The van der Waals surface area contributed by atoms with Crippen LogP contribution >= 0.6 is 0 Å². The van der Waals surface area contributed by atoms with Gasteiger partial charge in [-0.25, -0.2) is 21.6 Å². The van der Waals surface area contributed by atoms with E-state index in [-0.39, 0.29) is 29.0 Å². The van der Waals surface area contributed by atoms with Crippen molar-refractivity contribution in [2.75, 3.05) is 65.0 Å². The lowest BCUT2D eigenvalue weighted by Crippen LogP contribution is -2.47. The van der Waals surface area contributed by atoms with Gasteiger partial charge in [-0.05, 0) is 56.6 Å². The largest absolute Gasteiger partial charge is 0.491 e. The molecule has 2 atom stereocenters. The summed E-state index contributed by atoms with van der Waals surface area (Å²) in [6.45, 7) is 2.76. The zero-order valence-electron chi connectivity index (χ0n) is 23.3. The molecule has 2 fully saturated rings. The standard InChI is InChI=1S/C27H38N4O8S2/c1-28-40(33,34)23-5-3-4-22(14-23)38-19-21(32)17-29-20-16-27(39-18-20)8-10-31(11-9-27)41(35,36)24-6-7-26-25(15-24)30(2)12-13-37-26/h3-7,14-15,20-21,28-29,32H,8-13,16-19H2,1-2H3/t20-,21+/m1/s1. The SMILES string of the molecule is CNS(=O)(=O)c1cccc(OC[C@@H](O)CN[C@H]2COC3(CCN(S(=O)(=O)c4ccc5c(c4)N(C)CCO5)CC3)C2)c1. The van der Waals surface area contributed by atoms with Crippen molar-refractivity contribution in [1.29, 1.82) is 0 Å². The van der Waals surface area contributed by atoms with E-state index in [9.17, 15) is 21.9 Å². The Morgan fingerprint density at radius 3 is 2.63 bits per heavy atom. The zero-order chi connectivity index (χ0) is 29.3. The molecule has 0 radical (unpaired) electrons. The van der Waals surface area contributed by atoms with Crippen LogP contribution in [0.15, 0.2) is 52.3 Å². The van der Waals surface area contributed by atoms with E-state index in [0.717, 1.165) is 12.1 Å². The number of fused-ring (bicyclic) bond motifs is 1. The van der Waals surface area contributed by atoms with Crippen LogP contribution in [0, 0.1) is 0 Å². The lowest BCUT2D eigenvalue weighted by molar-refractivity contribution is -0.0312. The predicted molar refractivity (Wildman–Crippen MR) is 152 cm³/mol. The fourth-order valence-electron chi connectivity index (χ4n) is 5.50. The van der Waals surface area contributed by atoms with E-state index in [1.807, 2.05) is 11.9 Å². The minimum Gasteiger partial charge on any atom is -0.491 e. The van der Waals surface area contributed by atoms with Gasteiger partial charge in [0.2, 0.25) is 20.0 Å². The zero-order valence-corrected chi connectivity index (χ0v) is 24.9. The molecule has 0 unspecified atom stereocenters. The molecule has 0 aromatic heterocycles. The Bertz CT molecular complexity index is 1440. The monoisotopic (exact) mass is 610 g/mol. The fraction of sp³-hybridized carbons (Fsp3) is 0.556. The molecule has 5 rings (SSSR count). The average Bonchev–Trinajstić information content (AvgIpc) is 3.37. The molecule has 3 aliphatic rings. The topological polar surface area (TPSA) is 147 Å². The highest BCUT2D eigenvalue weighted by atomic mass is 32.2. The van der Waals surface area contributed by atoms with Gasteiger partial charge >= 0.3 is 0 Å². The molecule has 0 aliphatic carbocycles. The van der Waals surface area contributed by atoms with Crippen LogP contribution in [0.2, 0.25) is 0 Å². The minimum absolute atomic E-state index is 0.00773. The van der Waals surface area contributed by atoms with Gasteiger partial charge < -0.3 is 29.5 Å². The second-order valence-corrected chi connectivity index (χ2v) is 14.6. The van der Waals surface area contributed by atoms with Gasteiger partial charge in [0.1, 0.15) is 30.8 Å². The number of hydrogen-bond donors (Lipinski definition) is 3. The van der Waals surface area contributed by atoms with Crippen molar-refractivity contribution in [3.8, 4) is 11.5 Å². The number of likely N-dealkylation sites (N-methyl/N-ethyl adjacent to an activating group) is 1. The van der Waals surface area contributed by atoms with Crippen molar-refractivity contribution < 1.29 is 36.2 Å². The molecule has 226 valence electrons. The van der Waals surface area contributed by atoms with Crippen molar-refractivity contribution in [1.82, 2.24) is 14.3 Å². The van der Waals surface area contributed by atoms with E-state index in [4.69, 9.17) is 14.2 Å². The Labute approximate surface area is 241 Å². The first-order valence-corrected chi connectivity index (χ1v) is 16.6. The first-order valence-electron chi connectivity index (χ1n) is 13.7. The number of sulfonamides is 2. The van der Waals surface area contributed by atoms with Crippen LogP contribution in [0.5, 0.6) is 11.5 Å². The van der Waals surface area contributed by atoms with Crippen molar-refractivity contribution >= 4 is 25.7 Å². The fourth-order valence-corrected chi connectivity index (χ4v) is 7.73. The van der Waals surface area contributed by atoms with Gasteiger partial charge in [-0.15, -0.1) is 0 Å². The molecule has 0 amide bonds. The quantitative estimate of drug-likeness (QED) is 0.353. The third kappa shape index (κ3) is 6.63. The number of aliphatic hydroxyl groups is 1. The van der Waals surface area contributed by atoms with E-state index in [2.05, 4.69) is 10.0 Å². The van der Waals surface area contributed by atoms with Crippen molar-refractivity contribution in [2.45, 2.75) is 46.8 Å². The number of anilines is 1. The second kappa shape index (κ2) is 12.0. The van der Waals surface area contributed by atoms with Crippen LogP contribution < -0.4 is 24.4 Å². The number of ether oxygens (including phenoxy) is 3. The summed E-state index contributed by atoms with van der Waals surface area (Å²) < 4.78 is 72.0. The summed E-state index contributed by atoms with van der Waals surface area (Å²) in [5.74, 6) is 1.04. The molecular formula is C27H38N4O8S2. The highest BCUT2D eigenvalue weighted by Crippen LogP contribution is 2.39. The maximum Gasteiger partial charge on any atom is 0.243 e. The van der Waals surface area contributed by atoms with Crippen molar-refractivity contribution in [3.63, 3.8) is 0 Å². The molecule has 2 aromatic rings. The Balaban J connectivity index is 1.09. The molecule has 12 nitrogen and oxygen atoms in total. The summed E-state index contributed by atoms with van der Waals surface area (Å²) in [5, 5.41) is 13.8. The molecule has 3 N–H and O–H groups in total. The van der Waals surface area contributed by atoms with E-state index in [1.165, 1.54) is 23.5 Å². The average molecular weight is 611 g/mol. The Hall–Kier alpha value is -2.46. The highest BCUT2D eigenvalue weighted by molar-refractivity contribution is 7.89.